The van der Waals surface area contributed by atoms with Crippen molar-refractivity contribution in [3.8, 4) is 0 Å². The molecule has 0 bridgehead atoms. The summed E-state index contributed by atoms with van der Waals surface area (Å²) in [7, 11) is 0. The van der Waals surface area contributed by atoms with Crippen LogP contribution in [0.1, 0.15) is 52.9 Å². The molecule has 0 aliphatic carbocycles. The Morgan fingerprint density at radius 3 is 2.53 bits per heavy atom. The number of benzene rings is 1. The number of aliphatic hydroxyl groups is 1. The lowest BCUT2D eigenvalue weighted by atomic mass is 9.87. The van der Waals surface area contributed by atoms with Crippen molar-refractivity contribution in [2.75, 3.05) is 23.3 Å². The highest BCUT2D eigenvalue weighted by Gasteiger charge is 2.36. The molecule has 2 aliphatic rings. The van der Waals surface area contributed by atoms with Crippen LogP contribution in [-0.4, -0.2) is 59.3 Å². The SMILES string of the molecule is CC(C)(C)OC(=O)NC(=O)CC1(O)CCN(c2ccc(NC3CCC(=O)NC3=O)cc2Cl)CC1. The molecule has 0 saturated carbocycles. The van der Waals surface area contributed by atoms with Crippen LogP contribution in [0, 0.1) is 0 Å². The molecule has 0 spiro atoms. The Hall–Kier alpha value is -2.85. The van der Waals surface area contributed by atoms with E-state index < -0.39 is 29.2 Å². The van der Waals surface area contributed by atoms with Crippen molar-refractivity contribution in [3.05, 3.63) is 23.2 Å². The molecule has 1 aromatic carbocycles. The second-order valence-electron chi connectivity index (χ2n) is 9.75. The minimum absolute atomic E-state index is 0.206. The van der Waals surface area contributed by atoms with Gasteiger partial charge in [0.25, 0.3) is 0 Å². The number of nitrogens with zero attached hydrogens (tertiary/aromatic N) is 1. The van der Waals surface area contributed by atoms with Crippen LogP contribution < -0.4 is 20.9 Å². The summed E-state index contributed by atoms with van der Waals surface area (Å²) >= 11 is 6.49. The van der Waals surface area contributed by atoms with Crippen molar-refractivity contribution in [2.45, 2.75) is 70.1 Å². The van der Waals surface area contributed by atoms with Crippen molar-refractivity contribution >= 4 is 46.8 Å². The number of nitrogens with one attached hydrogen (secondary N) is 3. The van der Waals surface area contributed by atoms with E-state index in [1.54, 1.807) is 32.9 Å². The Kier molecular flexibility index (Phi) is 7.72. The molecule has 186 valence electrons. The number of hydrogen-bond donors (Lipinski definition) is 4. The van der Waals surface area contributed by atoms with Crippen LogP contribution in [0.4, 0.5) is 16.2 Å². The van der Waals surface area contributed by atoms with Gasteiger partial charge in [-0.15, -0.1) is 0 Å². The maximum absolute atomic E-state index is 12.2. The van der Waals surface area contributed by atoms with Gasteiger partial charge in [-0.3, -0.25) is 25.0 Å². The second kappa shape index (κ2) is 10.2. The van der Waals surface area contributed by atoms with E-state index in [0.29, 0.717) is 43.1 Å². The maximum Gasteiger partial charge on any atom is 0.414 e. The molecular weight excluding hydrogens is 464 g/mol. The molecule has 0 radical (unpaired) electrons. The summed E-state index contributed by atoms with van der Waals surface area (Å²) in [5, 5.41) is 18.9. The van der Waals surface area contributed by atoms with Gasteiger partial charge in [0.2, 0.25) is 17.7 Å². The topological polar surface area (TPSA) is 137 Å². The molecule has 3 rings (SSSR count). The number of rotatable bonds is 5. The first-order valence-electron chi connectivity index (χ1n) is 11.2. The van der Waals surface area contributed by atoms with Crippen molar-refractivity contribution in [3.63, 3.8) is 0 Å². The fraction of sp³-hybridized carbons (Fsp3) is 0.565. The van der Waals surface area contributed by atoms with Gasteiger partial charge < -0.3 is 20.1 Å². The van der Waals surface area contributed by atoms with Gasteiger partial charge in [-0.05, 0) is 58.2 Å². The van der Waals surface area contributed by atoms with E-state index in [0.717, 1.165) is 5.69 Å². The fourth-order valence-corrected chi connectivity index (χ4v) is 4.29. The van der Waals surface area contributed by atoms with E-state index in [9.17, 15) is 24.3 Å². The number of alkyl carbamates (subject to hydrolysis) is 1. The highest BCUT2D eigenvalue weighted by molar-refractivity contribution is 6.33. The molecule has 10 nitrogen and oxygen atoms in total. The van der Waals surface area contributed by atoms with Gasteiger partial charge >= 0.3 is 6.09 Å². The molecule has 2 aliphatic heterocycles. The molecule has 34 heavy (non-hydrogen) atoms. The first-order chi connectivity index (χ1) is 15.8. The largest absolute Gasteiger partial charge is 0.444 e. The van der Waals surface area contributed by atoms with E-state index in [1.165, 1.54) is 0 Å². The number of halogens is 1. The molecule has 2 fully saturated rings. The zero-order valence-corrected chi connectivity index (χ0v) is 20.3. The smallest absolute Gasteiger partial charge is 0.414 e. The molecular formula is C23H31ClN4O6. The van der Waals surface area contributed by atoms with Gasteiger partial charge in [0.05, 0.1) is 22.7 Å². The number of imide groups is 2. The van der Waals surface area contributed by atoms with Gasteiger partial charge in [-0.25, -0.2) is 4.79 Å². The van der Waals surface area contributed by atoms with E-state index >= 15 is 0 Å². The quantitative estimate of drug-likeness (QED) is 0.458. The number of ether oxygens (including phenoxy) is 1. The van der Waals surface area contributed by atoms with Crippen molar-refractivity contribution in [1.29, 1.82) is 0 Å². The van der Waals surface area contributed by atoms with Crippen LogP contribution in [0.15, 0.2) is 18.2 Å². The predicted octanol–water partition coefficient (Wildman–Crippen LogP) is 2.33. The summed E-state index contributed by atoms with van der Waals surface area (Å²) < 4.78 is 5.07. The predicted molar refractivity (Wildman–Crippen MR) is 127 cm³/mol. The third kappa shape index (κ3) is 7.07. The number of carbonyl (C=O) groups excluding carboxylic acids is 4. The normalized spacial score (nSPS) is 20.4. The highest BCUT2D eigenvalue weighted by atomic mass is 35.5. The minimum atomic E-state index is -1.23. The Bertz CT molecular complexity index is 969. The summed E-state index contributed by atoms with van der Waals surface area (Å²) in [6.07, 6.45) is 0.292. The van der Waals surface area contributed by atoms with Crippen LogP contribution >= 0.6 is 11.6 Å². The Balaban J connectivity index is 1.53. The van der Waals surface area contributed by atoms with Crippen LogP contribution in [0.5, 0.6) is 0 Å². The molecule has 11 heteroatoms. The standard InChI is InChI=1S/C23H31ClN4O6/c1-22(2,3)34-21(32)27-19(30)13-23(33)8-10-28(11-9-23)17-6-4-14(12-15(17)24)25-16-5-7-18(29)26-20(16)31/h4,6,12,16,25,33H,5,7-11,13H2,1-3H3,(H,26,29,31)(H,27,30,32). The first kappa shape index (κ1) is 25.8. The number of piperidine rings is 2. The molecule has 1 atom stereocenters. The Morgan fingerprint density at radius 1 is 1.26 bits per heavy atom. The molecule has 0 aromatic heterocycles. The zero-order chi connectivity index (χ0) is 25.1. The molecule has 2 saturated heterocycles. The maximum atomic E-state index is 12.2. The monoisotopic (exact) mass is 494 g/mol. The first-order valence-corrected chi connectivity index (χ1v) is 11.6. The lowest BCUT2D eigenvalue weighted by Crippen LogP contribution is -2.48. The Labute approximate surface area is 203 Å². The number of hydrogen-bond acceptors (Lipinski definition) is 8. The highest BCUT2D eigenvalue weighted by Crippen LogP contribution is 2.34. The van der Waals surface area contributed by atoms with Crippen LogP contribution in [0.25, 0.3) is 0 Å². The molecule has 2 heterocycles. The molecule has 4 N–H and O–H groups in total. The van der Waals surface area contributed by atoms with Gasteiger partial charge in [0, 0.05) is 25.2 Å². The van der Waals surface area contributed by atoms with Crippen molar-refractivity contribution in [1.82, 2.24) is 10.6 Å². The lowest BCUT2D eigenvalue weighted by molar-refractivity contribution is -0.133. The summed E-state index contributed by atoms with van der Waals surface area (Å²) in [5.41, 5.74) is -0.521. The van der Waals surface area contributed by atoms with Gasteiger partial charge in [-0.2, -0.15) is 0 Å². The number of anilines is 2. The molecule has 4 amide bonds. The van der Waals surface area contributed by atoms with Gasteiger partial charge in [-0.1, -0.05) is 11.6 Å². The third-order valence-corrected chi connectivity index (χ3v) is 6.00. The van der Waals surface area contributed by atoms with Crippen molar-refractivity contribution in [2.24, 2.45) is 0 Å². The number of amides is 4. The summed E-state index contributed by atoms with van der Waals surface area (Å²) in [4.78, 5) is 49.2. The van der Waals surface area contributed by atoms with Crippen molar-refractivity contribution < 1.29 is 29.0 Å². The zero-order valence-electron chi connectivity index (χ0n) is 19.6. The fourth-order valence-electron chi connectivity index (χ4n) is 3.99. The van der Waals surface area contributed by atoms with Crippen LogP contribution in [-0.2, 0) is 19.1 Å². The van der Waals surface area contributed by atoms with Crippen LogP contribution in [0.2, 0.25) is 5.02 Å². The summed E-state index contributed by atoms with van der Waals surface area (Å²) in [6, 6.07) is 4.85. The average molecular weight is 495 g/mol. The van der Waals surface area contributed by atoms with E-state index in [4.69, 9.17) is 16.3 Å². The minimum Gasteiger partial charge on any atom is -0.444 e. The van der Waals surface area contributed by atoms with Crippen LogP contribution in [0.3, 0.4) is 0 Å². The number of carbonyl (C=O) groups is 4. The lowest BCUT2D eigenvalue weighted by Gasteiger charge is -2.39. The third-order valence-electron chi connectivity index (χ3n) is 5.69. The van der Waals surface area contributed by atoms with E-state index in [-0.39, 0.29) is 24.7 Å². The molecule has 1 unspecified atom stereocenters. The average Bonchev–Trinajstić information content (AvgIpc) is 2.69. The van der Waals surface area contributed by atoms with Gasteiger partial charge in [0.15, 0.2) is 0 Å². The molecule has 1 aromatic rings. The summed E-state index contributed by atoms with van der Waals surface area (Å²) in [6.45, 7) is 6.03. The summed E-state index contributed by atoms with van der Waals surface area (Å²) in [5.74, 6) is -1.22. The van der Waals surface area contributed by atoms with E-state index in [1.807, 2.05) is 11.0 Å². The van der Waals surface area contributed by atoms with E-state index in [2.05, 4.69) is 16.0 Å². The second-order valence-corrected chi connectivity index (χ2v) is 10.2. The van der Waals surface area contributed by atoms with Gasteiger partial charge in [0.1, 0.15) is 11.6 Å². The Morgan fingerprint density at radius 2 is 1.94 bits per heavy atom.